The molecule has 2 N–H and O–H groups in total. The van der Waals surface area contributed by atoms with Crippen LogP contribution in [0.3, 0.4) is 0 Å². The number of hydrogen-bond acceptors (Lipinski definition) is 3. The molecule has 0 fully saturated rings. The Hall–Kier alpha value is -1.65. The van der Waals surface area contributed by atoms with Gasteiger partial charge < -0.3 is 10.6 Å². The zero-order chi connectivity index (χ0) is 18.0. The first-order valence-corrected chi connectivity index (χ1v) is 9.99. The maximum Gasteiger partial charge on any atom is 0.254 e. The van der Waals surface area contributed by atoms with E-state index in [0.29, 0.717) is 0 Å². The van der Waals surface area contributed by atoms with E-state index in [4.69, 9.17) is 5.73 Å². The summed E-state index contributed by atoms with van der Waals surface area (Å²) < 4.78 is 0. The Labute approximate surface area is 154 Å². The fourth-order valence-corrected chi connectivity index (χ4v) is 4.18. The lowest BCUT2D eigenvalue weighted by Gasteiger charge is -2.27. The maximum absolute atomic E-state index is 12.6. The lowest BCUT2D eigenvalue weighted by molar-refractivity contribution is 0.0766. The van der Waals surface area contributed by atoms with Gasteiger partial charge in [-0.15, -0.1) is 0 Å². The molecule has 1 aromatic heterocycles. The van der Waals surface area contributed by atoms with E-state index in [9.17, 15) is 4.79 Å². The second-order valence-corrected chi connectivity index (χ2v) is 8.49. The number of carbonyl (C=O) groups excluding carboxylic acids is 1. The number of aryl methyl sites for hydroxylation is 3. The minimum atomic E-state index is -0.225. The molecule has 0 bridgehead atoms. The monoisotopic (exact) mass is 356 g/mol. The van der Waals surface area contributed by atoms with Gasteiger partial charge in [0.15, 0.2) is 0 Å². The largest absolute Gasteiger partial charge is 0.334 e. The zero-order valence-corrected chi connectivity index (χ0v) is 16.3. The normalized spacial score (nSPS) is 16.2. The Balaban J connectivity index is 1.52. The molecule has 0 saturated heterocycles. The van der Waals surface area contributed by atoms with E-state index < -0.39 is 0 Å². The summed E-state index contributed by atoms with van der Waals surface area (Å²) in [5, 5.41) is 4.33. The van der Waals surface area contributed by atoms with Gasteiger partial charge in [-0.2, -0.15) is 11.3 Å². The molecule has 1 aliphatic heterocycles. The van der Waals surface area contributed by atoms with Crippen molar-refractivity contribution in [2.75, 3.05) is 6.54 Å². The number of rotatable bonds is 7. The van der Waals surface area contributed by atoms with Crippen LogP contribution in [0.1, 0.15) is 58.8 Å². The average molecular weight is 357 g/mol. The van der Waals surface area contributed by atoms with Gasteiger partial charge >= 0.3 is 0 Å². The second kappa shape index (κ2) is 7.30. The van der Waals surface area contributed by atoms with E-state index in [2.05, 4.69) is 43.7 Å². The lowest BCUT2D eigenvalue weighted by atomic mass is 9.91. The van der Waals surface area contributed by atoms with Gasteiger partial charge in [-0.3, -0.25) is 4.79 Å². The van der Waals surface area contributed by atoms with Crippen LogP contribution in [0.4, 0.5) is 0 Å². The highest BCUT2D eigenvalue weighted by Gasteiger charge is 2.29. The molecule has 3 nitrogen and oxygen atoms in total. The Bertz CT molecular complexity index is 750. The van der Waals surface area contributed by atoms with E-state index in [1.54, 1.807) is 11.3 Å². The molecule has 0 spiro atoms. The first kappa shape index (κ1) is 18.2. The number of fused-ring (bicyclic) bond motifs is 1. The van der Waals surface area contributed by atoms with E-state index in [-0.39, 0.29) is 11.4 Å². The van der Waals surface area contributed by atoms with Crippen molar-refractivity contribution in [3.8, 4) is 0 Å². The van der Waals surface area contributed by atoms with Crippen LogP contribution in [0.5, 0.6) is 0 Å². The Morgan fingerprint density at radius 3 is 2.72 bits per heavy atom. The predicted molar refractivity (Wildman–Crippen MR) is 105 cm³/mol. The van der Waals surface area contributed by atoms with Crippen LogP contribution in [0.15, 0.2) is 29.0 Å². The molecule has 1 atom stereocenters. The van der Waals surface area contributed by atoms with Crippen LogP contribution in [-0.4, -0.2) is 22.9 Å². The number of nitrogens with two attached hydrogens (primary N) is 1. The fraction of sp³-hybridized carbons (Fsp3) is 0.476. The number of thiophene rings is 1. The van der Waals surface area contributed by atoms with Gasteiger partial charge in [0.2, 0.25) is 0 Å². The number of amides is 1. The summed E-state index contributed by atoms with van der Waals surface area (Å²) in [6.45, 7) is 7.74. The number of carbonyl (C=O) groups is 1. The molecule has 0 aliphatic carbocycles. The summed E-state index contributed by atoms with van der Waals surface area (Å²) in [7, 11) is 0. The molecule has 2 heterocycles. The van der Waals surface area contributed by atoms with Gasteiger partial charge in [0.25, 0.3) is 5.91 Å². The third-order valence-electron chi connectivity index (χ3n) is 5.34. The molecule has 134 valence electrons. The van der Waals surface area contributed by atoms with E-state index >= 15 is 0 Å². The molecule has 2 aromatic rings. The van der Waals surface area contributed by atoms with Crippen LogP contribution in [0.2, 0.25) is 0 Å². The summed E-state index contributed by atoms with van der Waals surface area (Å²) in [5.74, 6) is 0.159. The van der Waals surface area contributed by atoms with Crippen LogP contribution >= 0.6 is 11.3 Å². The maximum atomic E-state index is 12.6. The predicted octanol–water partition coefficient (Wildman–Crippen LogP) is 4.45. The van der Waals surface area contributed by atoms with Gasteiger partial charge in [-0.05, 0) is 91.6 Å². The third kappa shape index (κ3) is 4.31. The van der Waals surface area contributed by atoms with Crippen molar-refractivity contribution in [3.63, 3.8) is 0 Å². The highest BCUT2D eigenvalue weighted by Crippen LogP contribution is 2.27. The summed E-state index contributed by atoms with van der Waals surface area (Å²) >= 11 is 1.75. The van der Waals surface area contributed by atoms with Crippen molar-refractivity contribution in [1.29, 1.82) is 0 Å². The second-order valence-electron chi connectivity index (χ2n) is 7.71. The minimum absolute atomic E-state index is 0.159. The van der Waals surface area contributed by atoms with E-state index in [0.717, 1.165) is 49.9 Å². The molecule has 0 radical (unpaired) electrons. The molecule has 4 heteroatoms. The highest BCUT2D eigenvalue weighted by atomic mass is 32.1. The summed E-state index contributed by atoms with van der Waals surface area (Å²) in [6.07, 6.45) is 4.00. The topological polar surface area (TPSA) is 46.3 Å². The van der Waals surface area contributed by atoms with Crippen molar-refractivity contribution >= 4 is 17.2 Å². The summed E-state index contributed by atoms with van der Waals surface area (Å²) in [4.78, 5) is 14.6. The standard InChI is InChI=1S/C21H28N2OS/c1-15-11-18-13-23(20(24)19(18)12-16(15)2)9-8-21(3,22)7-4-5-17-6-10-25-14-17/h6,10-12,14H,4-5,7-9,13,22H2,1-3H3. The molecule has 1 aliphatic rings. The van der Waals surface area contributed by atoms with Crippen LogP contribution < -0.4 is 5.73 Å². The zero-order valence-electron chi connectivity index (χ0n) is 15.5. The van der Waals surface area contributed by atoms with Crippen LogP contribution in [0.25, 0.3) is 0 Å². The van der Waals surface area contributed by atoms with E-state index in [1.807, 2.05) is 11.0 Å². The van der Waals surface area contributed by atoms with Crippen LogP contribution in [0, 0.1) is 13.8 Å². The van der Waals surface area contributed by atoms with Gasteiger partial charge in [0, 0.05) is 24.2 Å². The van der Waals surface area contributed by atoms with Crippen molar-refractivity contribution in [2.24, 2.45) is 5.73 Å². The smallest absolute Gasteiger partial charge is 0.254 e. The van der Waals surface area contributed by atoms with E-state index in [1.165, 1.54) is 16.7 Å². The molecule has 1 amide bonds. The quantitative estimate of drug-likeness (QED) is 0.796. The Morgan fingerprint density at radius 2 is 2.00 bits per heavy atom. The molecule has 0 saturated carbocycles. The number of hydrogen-bond donors (Lipinski definition) is 1. The number of benzene rings is 1. The van der Waals surface area contributed by atoms with Crippen molar-refractivity contribution in [1.82, 2.24) is 4.90 Å². The van der Waals surface area contributed by atoms with Crippen LogP contribution in [-0.2, 0) is 13.0 Å². The van der Waals surface area contributed by atoms with Gasteiger partial charge in [0.05, 0.1) is 0 Å². The molecule has 25 heavy (non-hydrogen) atoms. The summed E-state index contributed by atoms with van der Waals surface area (Å²) in [5.41, 5.74) is 12.1. The number of nitrogens with zero attached hydrogens (tertiary/aromatic N) is 1. The van der Waals surface area contributed by atoms with Gasteiger partial charge in [-0.25, -0.2) is 0 Å². The fourth-order valence-electron chi connectivity index (χ4n) is 3.48. The molecule has 3 rings (SSSR count). The first-order chi connectivity index (χ1) is 11.9. The first-order valence-electron chi connectivity index (χ1n) is 9.05. The van der Waals surface area contributed by atoms with Crippen molar-refractivity contribution in [3.05, 3.63) is 56.8 Å². The molecular weight excluding hydrogens is 328 g/mol. The Kier molecular flexibility index (Phi) is 5.30. The SMILES string of the molecule is Cc1cc2c(cc1C)C(=O)N(CCC(C)(N)CCCc1ccsc1)C2. The minimum Gasteiger partial charge on any atom is -0.334 e. The highest BCUT2D eigenvalue weighted by molar-refractivity contribution is 7.07. The van der Waals surface area contributed by atoms with Gasteiger partial charge in [-0.1, -0.05) is 6.07 Å². The van der Waals surface area contributed by atoms with Crippen molar-refractivity contribution < 1.29 is 4.79 Å². The molecule has 1 unspecified atom stereocenters. The lowest BCUT2D eigenvalue weighted by Crippen LogP contribution is -2.40. The Morgan fingerprint density at radius 1 is 1.24 bits per heavy atom. The molecular formula is C21H28N2OS. The summed E-state index contributed by atoms with van der Waals surface area (Å²) in [6, 6.07) is 6.38. The molecule has 1 aromatic carbocycles. The average Bonchev–Trinajstić information content (AvgIpc) is 3.16. The third-order valence-corrected chi connectivity index (χ3v) is 6.08. The van der Waals surface area contributed by atoms with Crippen molar-refractivity contribution in [2.45, 2.75) is 58.5 Å². The van der Waals surface area contributed by atoms with Gasteiger partial charge in [0.1, 0.15) is 0 Å².